The van der Waals surface area contributed by atoms with Crippen molar-refractivity contribution in [3.63, 3.8) is 0 Å². The molecule has 672 valence electrons. The maximum absolute atomic E-state index is 2.40. The van der Waals surface area contributed by atoms with Crippen LogP contribution in [-0.4, -0.2) is 0 Å². The zero-order valence-corrected chi connectivity index (χ0v) is 80.1. The Morgan fingerprint density at radius 2 is 0.347 bits per heavy atom. The van der Waals surface area contributed by atoms with E-state index in [4.69, 9.17) is 0 Å². The van der Waals surface area contributed by atoms with Gasteiger partial charge in [-0.3, -0.25) is 0 Å². The fraction of sp³-hybridized carbons (Fsp3) is 0.0833. The van der Waals surface area contributed by atoms with Crippen LogP contribution < -0.4 is 0 Å². The number of hydrogen-bond acceptors (Lipinski definition) is 0. The molecular weight excluding hydrogens is 1730 g/mol. The van der Waals surface area contributed by atoms with Crippen molar-refractivity contribution in [3.05, 3.63) is 570 Å². The van der Waals surface area contributed by atoms with Crippen LogP contribution in [0.1, 0.15) is 134 Å². The summed E-state index contributed by atoms with van der Waals surface area (Å²) in [5.74, 6) is 0. The van der Waals surface area contributed by atoms with Gasteiger partial charge < -0.3 is 0 Å². The number of benzene rings is 24. The minimum absolute atomic E-state index is 1.06. The summed E-state index contributed by atoms with van der Waals surface area (Å²) in [5.41, 5.74) is 70.9. The van der Waals surface area contributed by atoms with Crippen LogP contribution in [0.15, 0.2) is 437 Å². The Morgan fingerprint density at radius 3 is 0.882 bits per heavy atom. The van der Waals surface area contributed by atoms with E-state index in [1.807, 2.05) is 0 Å². The first-order chi connectivity index (χ1) is 71.4. The summed E-state index contributed by atoms with van der Waals surface area (Å²) in [6, 6.07) is 162. The number of hydrogen-bond donors (Lipinski definition) is 0. The summed E-state index contributed by atoms with van der Waals surface area (Å²) >= 11 is 0. The summed E-state index contributed by atoms with van der Waals surface area (Å²) < 4.78 is 0. The van der Waals surface area contributed by atoms with Crippen LogP contribution >= 0.6 is 0 Å². The van der Waals surface area contributed by atoms with Crippen LogP contribution in [0.5, 0.6) is 0 Å². The van der Waals surface area contributed by atoms with Gasteiger partial charge in [-0.25, -0.2) is 0 Å². The molecule has 144 heavy (non-hydrogen) atoms. The summed E-state index contributed by atoms with van der Waals surface area (Å²) in [6.07, 6.45) is 12.8. The summed E-state index contributed by atoms with van der Waals surface area (Å²) in [5, 5.41) is 16.5. The van der Waals surface area contributed by atoms with E-state index in [1.165, 1.54) is 332 Å². The van der Waals surface area contributed by atoms with E-state index >= 15 is 0 Å². The zero-order chi connectivity index (χ0) is 94.0. The molecule has 0 saturated carbocycles. The molecule has 0 nitrogen and oxygen atoms in total. The third-order valence-electron chi connectivity index (χ3n) is 34.3. The van der Waals surface area contributed by atoms with E-state index in [2.05, 4.69) is 437 Å². The van der Waals surface area contributed by atoms with Gasteiger partial charge >= 0.3 is 0 Å². The van der Waals surface area contributed by atoms with Gasteiger partial charge in [0.15, 0.2) is 0 Å². The molecule has 0 saturated heterocycles. The van der Waals surface area contributed by atoms with Crippen LogP contribution in [0.3, 0.4) is 0 Å². The normalized spacial score (nSPS) is 13.5. The fourth-order valence-corrected chi connectivity index (χ4v) is 28.1. The van der Waals surface area contributed by atoms with E-state index in [-0.39, 0.29) is 0 Å². The molecule has 0 atom stereocenters. The molecule has 0 unspecified atom stereocenters. The van der Waals surface area contributed by atoms with Gasteiger partial charge in [0, 0.05) is 0 Å². The highest BCUT2D eigenvalue weighted by Gasteiger charge is 2.38. The smallest absolute Gasteiger partial charge is 0.000695 e. The SMILES string of the molecule is c1ccc2c(c1)Cc1c-2c2c(c3ccccc13)-c1ccccc1C2.c1ccc2c(c1)Cc1c-2ccc2c1-c1c(ccc3ccccc13)C2.c1ccc2c(c1)Cc1c-2ccc2c1-c1cc3ccccc3cc1C2.c1ccc2c(c1)Cc1c-2ccc2c1-c1ccc3ccccc3c1C2.c1ccc2c(c1)Cc1ccc3c(c1-2)-c1ccc2ccccc2c1C3.c1ccc2c(c1)Cc1ccc3c(c1-2)Cc1ccc2ccccc2c1-3. The quantitative estimate of drug-likeness (QED) is 0.142. The van der Waals surface area contributed by atoms with Crippen LogP contribution in [-0.2, 0) is 77.0 Å². The highest BCUT2D eigenvalue weighted by molar-refractivity contribution is 6.12. The minimum atomic E-state index is 1.06. The number of rotatable bonds is 0. The maximum atomic E-state index is 2.40. The van der Waals surface area contributed by atoms with Crippen LogP contribution in [0.25, 0.3) is 198 Å². The lowest BCUT2D eigenvalue weighted by Gasteiger charge is -2.14. The predicted octanol–water partition coefficient (Wildman–Crippen LogP) is 35.9. The zero-order valence-electron chi connectivity index (χ0n) is 80.1. The van der Waals surface area contributed by atoms with Crippen molar-refractivity contribution in [2.75, 3.05) is 0 Å². The van der Waals surface area contributed by atoms with Crippen LogP contribution in [0.2, 0.25) is 0 Å². The first kappa shape index (κ1) is 81.7. The predicted molar refractivity (Wildman–Crippen MR) is 603 cm³/mol. The Kier molecular flexibility index (Phi) is 18.3. The third-order valence-corrected chi connectivity index (χ3v) is 34.3. The molecule has 0 aromatic heterocycles. The molecule has 12 aliphatic rings. The van der Waals surface area contributed by atoms with E-state index in [0.717, 1.165) is 77.0 Å². The number of fused-ring (bicyclic) bond motifs is 54. The molecule has 0 N–H and O–H groups in total. The molecule has 0 bridgehead atoms. The van der Waals surface area contributed by atoms with E-state index in [9.17, 15) is 0 Å². The largest absolute Gasteiger partial charge is 0.0619 e. The Balaban J connectivity index is 0.0000000788. The van der Waals surface area contributed by atoms with Crippen LogP contribution in [0.4, 0.5) is 0 Å². The average Bonchev–Trinajstić information content (AvgIpc) is 1.55. The topological polar surface area (TPSA) is 0 Å². The van der Waals surface area contributed by atoms with Crippen molar-refractivity contribution in [2.45, 2.75) is 77.0 Å². The lowest BCUT2D eigenvalue weighted by atomic mass is 9.89. The Labute approximate surface area is 839 Å². The van der Waals surface area contributed by atoms with Crippen LogP contribution in [0, 0.1) is 0 Å². The first-order valence-electron chi connectivity index (χ1n) is 51.8. The van der Waals surface area contributed by atoms with Gasteiger partial charge in [-0.2, -0.15) is 0 Å². The molecule has 0 radical (unpaired) electrons. The second-order valence-electron chi connectivity index (χ2n) is 41.7. The lowest BCUT2D eigenvalue weighted by Crippen LogP contribution is -1.92. The highest BCUT2D eigenvalue weighted by atomic mass is 14.4. The van der Waals surface area contributed by atoms with Gasteiger partial charge in [0.25, 0.3) is 0 Å². The molecule has 24 aromatic carbocycles. The van der Waals surface area contributed by atoms with E-state index in [0.29, 0.717) is 0 Å². The van der Waals surface area contributed by atoms with Crippen molar-refractivity contribution in [3.8, 4) is 134 Å². The van der Waals surface area contributed by atoms with Crippen molar-refractivity contribution in [1.82, 2.24) is 0 Å². The Morgan fingerprint density at radius 1 is 0.0903 bits per heavy atom. The lowest BCUT2D eigenvalue weighted by molar-refractivity contribution is 1.23. The van der Waals surface area contributed by atoms with E-state index in [1.54, 1.807) is 0 Å². The van der Waals surface area contributed by atoms with Gasteiger partial charge in [0.2, 0.25) is 0 Å². The maximum Gasteiger partial charge on any atom is -0.000695 e. The molecule has 0 heteroatoms. The summed E-state index contributed by atoms with van der Waals surface area (Å²) in [7, 11) is 0. The fourth-order valence-electron chi connectivity index (χ4n) is 28.1. The highest BCUT2D eigenvalue weighted by Crippen LogP contribution is 2.59. The molecule has 0 fully saturated rings. The van der Waals surface area contributed by atoms with Gasteiger partial charge in [0.05, 0.1) is 0 Å². The van der Waals surface area contributed by atoms with Gasteiger partial charge in [-0.15, -0.1) is 0 Å². The van der Waals surface area contributed by atoms with Crippen molar-refractivity contribution in [2.24, 2.45) is 0 Å². The average molecular weight is 1830 g/mol. The molecule has 0 heterocycles. The van der Waals surface area contributed by atoms with Gasteiger partial charge in [-0.05, 0) is 415 Å². The third kappa shape index (κ3) is 12.5. The van der Waals surface area contributed by atoms with Gasteiger partial charge in [0.1, 0.15) is 0 Å². The van der Waals surface area contributed by atoms with Crippen molar-refractivity contribution in [1.29, 1.82) is 0 Å². The van der Waals surface area contributed by atoms with Crippen molar-refractivity contribution >= 4 is 64.6 Å². The second kappa shape index (κ2) is 32.2. The second-order valence-corrected chi connectivity index (χ2v) is 41.7. The molecule has 0 spiro atoms. The Hall–Kier alpha value is -17.2. The van der Waals surface area contributed by atoms with Gasteiger partial charge in [-0.1, -0.05) is 431 Å². The summed E-state index contributed by atoms with van der Waals surface area (Å²) in [6.45, 7) is 0. The first-order valence-corrected chi connectivity index (χ1v) is 51.8. The molecule has 12 aliphatic carbocycles. The molecule has 0 aliphatic heterocycles. The standard InChI is InChI=1S/6C24H16/c1-4-10-18-15(7-1)13-21-19-11-5-6-12-20(19)23-17-9-3-2-8-16(17)14-22(23)24(18)21;1-4-8-20-15(5-1)9-10-17-13-18-11-12-21-19-7-3-2-6-16(19)14-22(21)24(18)23(17)20;1-3-7-18-15(5-1)9-12-21-22(18)14-17-10-11-20-19-8-4-2-6-16(19)13-23(20)24(17)21;1-3-7-19-15(5-1)11-12-21-22(19)14-18-10-9-17-13-16-6-2-4-8-20(16)23(17)24(18)21;1-3-7-19-15(5-1)9-10-18-14-22-21(23(18)19)12-11-17-13-16-6-2-4-8-20(16)24(17)22;1-2-6-16-13-22-19(11-15(16)5-1)12-18-9-10-21-20-8-4-3-7-17(20)14-23(21)24(18)22/h5*1-12H,13-14H2;1-11,13H,12,14H2. The molecule has 36 rings (SSSR count). The molecule has 24 aromatic rings. The minimum Gasteiger partial charge on any atom is -0.0619 e. The summed E-state index contributed by atoms with van der Waals surface area (Å²) in [4.78, 5) is 0. The Bertz CT molecular complexity index is 9700. The molecule has 0 amide bonds. The van der Waals surface area contributed by atoms with E-state index < -0.39 is 0 Å². The monoisotopic (exact) mass is 1820 g/mol. The van der Waals surface area contributed by atoms with Crippen molar-refractivity contribution < 1.29 is 0 Å². The molecular formula is C144H96.